The summed E-state index contributed by atoms with van der Waals surface area (Å²) < 4.78 is 0. The third kappa shape index (κ3) is 2.56. The molecule has 0 amide bonds. The van der Waals surface area contributed by atoms with Gasteiger partial charge in [-0.25, -0.2) is 0 Å². The first kappa shape index (κ1) is 16.4. The third-order valence-corrected chi connectivity index (χ3v) is 7.17. The molecule has 2 nitrogen and oxygen atoms in total. The Morgan fingerprint density at radius 3 is 2.70 bits per heavy atom. The SMILES string of the molecule is C=C1CCC[C@@H]2[C@@](C)(CC3=CC(=O)C=CC3=O)C(C)CC[C@]12C. The number of ketones is 2. The van der Waals surface area contributed by atoms with E-state index in [2.05, 4.69) is 27.4 Å². The maximum Gasteiger partial charge on any atom is 0.182 e. The van der Waals surface area contributed by atoms with E-state index in [4.69, 9.17) is 0 Å². The van der Waals surface area contributed by atoms with Gasteiger partial charge in [0.25, 0.3) is 0 Å². The van der Waals surface area contributed by atoms with Gasteiger partial charge in [0.1, 0.15) is 0 Å². The molecule has 2 saturated carbocycles. The molecule has 0 saturated heterocycles. The lowest BCUT2D eigenvalue weighted by atomic mass is 9.46. The van der Waals surface area contributed by atoms with Gasteiger partial charge in [0.2, 0.25) is 0 Å². The lowest BCUT2D eigenvalue weighted by Gasteiger charge is -2.59. The predicted octanol–water partition coefficient (Wildman–Crippen LogP) is 4.81. The molecule has 4 atom stereocenters. The minimum absolute atomic E-state index is 0.0138. The van der Waals surface area contributed by atoms with Gasteiger partial charge in [-0.3, -0.25) is 9.59 Å². The van der Waals surface area contributed by atoms with E-state index in [9.17, 15) is 9.59 Å². The highest BCUT2D eigenvalue weighted by atomic mass is 16.1. The van der Waals surface area contributed by atoms with Gasteiger partial charge in [0, 0.05) is 5.57 Å². The number of carbonyl (C=O) groups is 2. The standard InChI is InChI=1S/C21H28O2/c1-14-6-5-7-19-20(14,3)11-10-15(2)21(19,4)13-16-12-17(22)8-9-18(16)23/h8-9,12,15,19H,1,5-7,10-11,13H2,2-4H3/t15?,19-,20+,21-/m0/s1. The number of hydrogen-bond donors (Lipinski definition) is 0. The van der Waals surface area contributed by atoms with Crippen molar-refractivity contribution < 1.29 is 9.59 Å². The van der Waals surface area contributed by atoms with Crippen molar-refractivity contribution in [3.63, 3.8) is 0 Å². The first-order valence-electron chi connectivity index (χ1n) is 8.92. The Hall–Kier alpha value is -1.44. The van der Waals surface area contributed by atoms with Gasteiger partial charge in [-0.1, -0.05) is 32.9 Å². The molecule has 0 radical (unpaired) electrons. The van der Waals surface area contributed by atoms with Crippen LogP contribution in [0, 0.1) is 22.7 Å². The summed E-state index contributed by atoms with van der Waals surface area (Å²) >= 11 is 0. The molecular weight excluding hydrogens is 284 g/mol. The molecule has 124 valence electrons. The quantitative estimate of drug-likeness (QED) is 0.541. The summed E-state index contributed by atoms with van der Waals surface area (Å²) in [6, 6.07) is 0. The zero-order chi connectivity index (χ0) is 16.8. The normalized spacial score (nSPS) is 40.8. The van der Waals surface area contributed by atoms with E-state index >= 15 is 0 Å². The summed E-state index contributed by atoms with van der Waals surface area (Å²) in [7, 11) is 0. The summed E-state index contributed by atoms with van der Waals surface area (Å²) in [5.41, 5.74) is 2.35. The van der Waals surface area contributed by atoms with Crippen LogP contribution in [0.2, 0.25) is 0 Å². The van der Waals surface area contributed by atoms with E-state index < -0.39 is 0 Å². The van der Waals surface area contributed by atoms with E-state index in [-0.39, 0.29) is 22.4 Å². The molecule has 1 unspecified atom stereocenters. The average molecular weight is 312 g/mol. The zero-order valence-corrected chi connectivity index (χ0v) is 14.7. The van der Waals surface area contributed by atoms with Crippen molar-refractivity contribution in [3.8, 4) is 0 Å². The molecule has 0 heterocycles. The topological polar surface area (TPSA) is 34.1 Å². The molecule has 0 bridgehead atoms. The molecule has 3 aliphatic carbocycles. The van der Waals surface area contributed by atoms with Crippen LogP contribution in [0.15, 0.2) is 36.0 Å². The summed E-state index contributed by atoms with van der Waals surface area (Å²) in [6.45, 7) is 11.4. The van der Waals surface area contributed by atoms with Crippen molar-refractivity contribution in [2.24, 2.45) is 22.7 Å². The molecule has 0 aliphatic heterocycles. The Balaban J connectivity index is 1.95. The van der Waals surface area contributed by atoms with Gasteiger partial charge < -0.3 is 0 Å². The van der Waals surface area contributed by atoms with Gasteiger partial charge in [-0.15, -0.1) is 0 Å². The molecule has 3 rings (SSSR count). The van der Waals surface area contributed by atoms with Gasteiger partial charge in [0.05, 0.1) is 0 Å². The minimum atomic E-state index is -0.0533. The number of rotatable bonds is 2. The molecule has 3 aliphatic rings. The first-order valence-corrected chi connectivity index (χ1v) is 8.92. The molecule has 2 fully saturated rings. The van der Waals surface area contributed by atoms with Gasteiger partial charge >= 0.3 is 0 Å². The summed E-state index contributed by atoms with van der Waals surface area (Å²) in [5.74, 6) is 1.07. The second kappa shape index (κ2) is 5.58. The van der Waals surface area contributed by atoms with Crippen LogP contribution in [0.3, 0.4) is 0 Å². The lowest BCUT2D eigenvalue weighted by Crippen LogP contribution is -2.50. The Bertz CT molecular complexity index is 624. The minimum Gasteiger partial charge on any atom is -0.290 e. The summed E-state index contributed by atoms with van der Waals surface area (Å²) in [5, 5.41) is 0. The first-order chi connectivity index (χ1) is 10.8. The van der Waals surface area contributed by atoms with Crippen LogP contribution < -0.4 is 0 Å². The second-order valence-corrected chi connectivity index (χ2v) is 8.36. The van der Waals surface area contributed by atoms with Crippen LogP contribution in [0.4, 0.5) is 0 Å². The van der Waals surface area contributed by atoms with E-state index in [1.807, 2.05) is 0 Å². The van der Waals surface area contributed by atoms with Crippen LogP contribution in [-0.4, -0.2) is 11.6 Å². The highest BCUT2D eigenvalue weighted by Crippen LogP contribution is 2.63. The Morgan fingerprint density at radius 1 is 1.22 bits per heavy atom. The van der Waals surface area contributed by atoms with E-state index in [1.165, 1.54) is 43.4 Å². The van der Waals surface area contributed by atoms with Crippen LogP contribution in [0.1, 0.15) is 59.3 Å². The third-order valence-electron chi connectivity index (χ3n) is 7.17. The van der Waals surface area contributed by atoms with Crippen molar-refractivity contribution in [1.82, 2.24) is 0 Å². The Labute approximate surface area is 139 Å². The van der Waals surface area contributed by atoms with Crippen molar-refractivity contribution in [3.05, 3.63) is 36.0 Å². The van der Waals surface area contributed by atoms with E-state index in [1.54, 1.807) is 6.08 Å². The van der Waals surface area contributed by atoms with E-state index in [0.29, 0.717) is 17.4 Å². The summed E-state index contributed by atoms with van der Waals surface area (Å²) in [6.07, 6.45) is 11.0. The maximum atomic E-state index is 12.2. The monoisotopic (exact) mass is 312 g/mol. The van der Waals surface area contributed by atoms with Gasteiger partial charge in [0.15, 0.2) is 11.6 Å². The maximum absolute atomic E-state index is 12.2. The summed E-state index contributed by atoms with van der Waals surface area (Å²) in [4.78, 5) is 24.0. The number of hydrogen-bond acceptors (Lipinski definition) is 2. The van der Waals surface area contributed by atoms with Crippen LogP contribution in [-0.2, 0) is 9.59 Å². The molecule has 0 aromatic carbocycles. The fourth-order valence-electron chi connectivity index (χ4n) is 5.37. The smallest absolute Gasteiger partial charge is 0.182 e. The molecule has 0 aromatic heterocycles. The molecule has 23 heavy (non-hydrogen) atoms. The Morgan fingerprint density at radius 2 is 1.96 bits per heavy atom. The van der Waals surface area contributed by atoms with Crippen LogP contribution in [0.5, 0.6) is 0 Å². The van der Waals surface area contributed by atoms with Crippen LogP contribution in [0.25, 0.3) is 0 Å². The predicted molar refractivity (Wildman–Crippen MR) is 92.9 cm³/mol. The second-order valence-electron chi connectivity index (χ2n) is 8.36. The number of carbonyl (C=O) groups excluding carboxylic acids is 2. The van der Waals surface area contributed by atoms with Gasteiger partial charge in [-0.05, 0) is 79.4 Å². The van der Waals surface area contributed by atoms with Crippen LogP contribution >= 0.6 is 0 Å². The lowest BCUT2D eigenvalue weighted by molar-refractivity contribution is -0.115. The highest BCUT2D eigenvalue weighted by Gasteiger charge is 2.54. The van der Waals surface area contributed by atoms with Crippen molar-refractivity contribution in [2.75, 3.05) is 0 Å². The van der Waals surface area contributed by atoms with Crippen molar-refractivity contribution in [1.29, 1.82) is 0 Å². The molecule has 0 aromatic rings. The molecule has 0 spiro atoms. The fraction of sp³-hybridized carbons (Fsp3) is 0.619. The van der Waals surface area contributed by atoms with Crippen molar-refractivity contribution >= 4 is 11.6 Å². The van der Waals surface area contributed by atoms with E-state index in [0.717, 1.165) is 12.8 Å². The fourth-order valence-corrected chi connectivity index (χ4v) is 5.37. The molecule has 2 heteroatoms. The Kier molecular flexibility index (Phi) is 3.98. The largest absolute Gasteiger partial charge is 0.290 e. The number of allylic oxidation sites excluding steroid dienone is 5. The average Bonchev–Trinajstić information content (AvgIpc) is 2.50. The zero-order valence-electron chi connectivity index (χ0n) is 14.7. The molecule has 0 N–H and O–H groups in total. The highest BCUT2D eigenvalue weighted by molar-refractivity contribution is 6.17. The van der Waals surface area contributed by atoms with Crippen molar-refractivity contribution in [2.45, 2.75) is 59.3 Å². The number of fused-ring (bicyclic) bond motifs is 1. The molecular formula is C21H28O2. The van der Waals surface area contributed by atoms with Gasteiger partial charge in [-0.2, -0.15) is 0 Å².